The first kappa shape index (κ1) is 26.2. The van der Waals surface area contributed by atoms with E-state index in [-0.39, 0.29) is 22.0 Å². The van der Waals surface area contributed by atoms with Gasteiger partial charge in [0.2, 0.25) is 0 Å². The molecule has 0 aliphatic heterocycles. The Morgan fingerprint density at radius 1 is 0.767 bits per heavy atom. The van der Waals surface area contributed by atoms with E-state index in [1.807, 2.05) is 0 Å². The first-order chi connectivity index (χ1) is 14.0. The highest BCUT2D eigenvalue weighted by atomic mass is 16.5. The van der Waals surface area contributed by atoms with Crippen LogP contribution in [0.4, 0.5) is 0 Å². The van der Waals surface area contributed by atoms with Crippen LogP contribution >= 0.6 is 0 Å². The van der Waals surface area contributed by atoms with Gasteiger partial charge >= 0.3 is 11.9 Å². The summed E-state index contributed by atoms with van der Waals surface area (Å²) in [4.78, 5) is 25.2. The normalized spacial score (nSPS) is 14.1. The van der Waals surface area contributed by atoms with E-state index in [1.54, 1.807) is 24.3 Å². The Morgan fingerprint density at radius 2 is 1.10 bits per heavy atom. The predicted molar refractivity (Wildman–Crippen MR) is 123 cm³/mol. The number of esters is 2. The molecule has 2 atom stereocenters. The standard InChI is InChI=1S/C26H42O4/c1-9-25(5,6)19(3)15-17-29-23(27)21-13-11-12-14-22(21)24(28)30-18-16-20(4)26(7,8)10-2/h11-14,19-20H,9-10,15-18H2,1-8H3. The lowest BCUT2D eigenvalue weighted by Crippen LogP contribution is -2.23. The maximum Gasteiger partial charge on any atom is 0.339 e. The summed E-state index contributed by atoms with van der Waals surface area (Å²) in [5.74, 6) is -0.0659. The third-order valence-electron chi connectivity index (χ3n) is 7.43. The van der Waals surface area contributed by atoms with Gasteiger partial charge in [0.05, 0.1) is 24.3 Å². The van der Waals surface area contributed by atoms with E-state index in [1.165, 1.54) is 0 Å². The topological polar surface area (TPSA) is 52.6 Å². The first-order valence-electron chi connectivity index (χ1n) is 11.4. The number of hydrogen-bond donors (Lipinski definition) is 0. The van der Waals surface area contributed by atoms with E-state index in [0.717, 1.165) is 25.7 Å². The number of benzene rings is 1. The van der Waals surface area contributed by atoms with Crippen molar-refractivity contribution in [1.29, 1.82) is 0 Å². The zero-order chi connectivity index (χ0) is 22.9. The summed E-state index contributed by atoms with van der Waals surface area (Å²) < 4.78 is 11.0. The van der Waals surface area contributed by atoms with Crippen molar-refractivity contribution in [2.45, 2.75) is 81.1 Å². The van der Waals surface area contributed by atoms with Crippen LogP contribution in [-0.2, 0) is 9.47 Å². The van der Waals surface area contributed by atoms with E-state index in [4.69, 9.17) is 9.47 Å². The maximum absolute atomic E-state index is 12.6. The van der Waals surface area contributed by atoms with Gasteiger partial charge in [-0.15, -0.1) is 0 Å². The van der Waals surface area contributed by atoms with Crippen molar-refractivity contribution >= 4 is 11.9 Å². The quantitative estimate of drug-likeness (QED) is 0.346. The molecule has 0 bridgehead atoms. The lowest BCUT2D eigenvalue weighted by molar-refractivity contribution is 0.0405. The molecule has 0 heterocycles. The van der Waals surface area contributed by atoms with E-state index in [9.17, 15) is 9.59 Å². The van der Waals surface area contributed by atoms with Crippen LogP contribution in [0.5, 0.6) is 0 Å². The summed E-state index contributed by atoms with van der Waals surface area (Å²) in [5.41, 5.74) is 0.952. The minimum atomic E-state index is -0.468. The molecule has 1 rings (SSSR count). The zero-order valence-electron chi connectivity index (χ0n) is 20.3. The van der Waals surface area contributed by atoms with Gasteiger partial charge in [-0.05, 0) is 47.6 Å². The number of hydrogen-bond acceptors (Lipinski definition) is 4. The van der Waals surface area contributed by atoms with Crippen LogP contribution in [-0.4, -0.2) is 25.2 Å². The maximum atomic E-state index is 12.6. The van der Waals surface area contributed by atoms with Crippen LogP contribution in [0, 0.1) is 22.7 Å². The third kappa shape index (κ3) is 7.45. The molecule has 1 aromatic rings. The molecular weight excluding hydrogens is 376 g/mol. The average molecular weight is 419 g/mol. The lowest BCUT2D eigenvalue weighted by Gasteiger charge is -2.30. The van der Waals surface area contributed by atoms with Crippen LogP contribution in [0.2, 0.25) is 0 Å². The lowest BCUT2D eigenvalue weighted by atomic mass is 9.76. The van der Waals surface area contributed by atoms with E-state index in [0.29, 0.717) is 25.0 Å². The second-order valence-corrected chi connectivity index (χ2v) is 9.88. The molecule has 170 valence electrons. The summed E-state index contributed by atoms with van der Waals surface area (Å²) in [6.07, 6.45) is 3.74. The molecule has 0 radical (unpaired) electrons. The third-order valence-corrected chi connectivity index (χ3v) is 7.43. The van der Waals surface area contributed by atoms with Crippen molar-refractivity contribution in [2.24, 2.45) is 22.7 Å². The van der Waals surface area contributed by atoms with Crippen LogP contribution < -0.4 is 0 Å². The Labute approximate surface area is 183 Å². The van der Waals surface area contributed by atoms with Crippen LogP contribution in [0.3, 0.4) is 0 Å². The molecule has 0 aliphatic rings. The molecule has 4 heteroatoms. The Kier molecular flexibility index (Phi) is 10.1. The van der Waals surface area contributed by atoms with Crippen LogP contribution in [0.1, 0.15) is 102 Å². The second-order valence-electron chi connectivity index (χ2n) is 9.88. The number of rotatable bonds is 12. The highest BCUT2D eigenvalue weighted by Gasteiger charge is 2.26. The first-order valence-corrected chi connectivity index (χ1v) is 11.4. The summed E-state index contributed by atoms with van der Waals surface area (Å²) >= 11 is 0. The fraction of sp³-hybridized carbons (Fsp3) is 0.692. The number of carbonyl (C=O) groups excluding carboxylic acids is 2. The van der Waals surface area contributed by atoms with E-state index in [2.05, 4.69) is 55.4 Å². The average Bonchev–Trinajstić information content (AvgIpc) is 2.73. The summed E-state index contributed by atoms with van der Waals surface area (Å²) in [7, 11) is 0. The molecule has 0 N–H and O–H groups in total. The van der Waals surface area contributed by atoms with Crippen molar-refractivity contribution < 1.29 is 19.1 Å². The van der Waals surface area contributed by atoms with Crippen LogP contribution in [0.15, 0.2) is 24.3 Å². The van der Waals surface area contributed by atoms with Crippen molar-refractivity contribution in [3.8, 4) is 0 Å². The van der Waals surface area contributed by atoms with Gasteiger partial charge in [-0.2, -0.15) is 0 Å². The Hall–Kier alpha value is -1.84. The summed E-state index contributed by atoms with van der Waals surface area (Å²) in [6.45, 7) is 18.3. The van der Waals surface area contributed by atoms with Gasteiger partial charge in [-0.25, -0.2) is 9.59 Å². The largest absolute Gasteiger partial charge is 0.462 e. The summed E-state index contributed by atoms with van der Waals surface area (Å²) in [5, 5.41) is 0. The molecule has 0 spiro atoms. The zero-order valence-corrected chi connectivity index (χ0v) is 20.3. The van der Waals surface area contributed by atoms with Crippen LogP contribution in [0.25, 0.3) is 0 Å². The molecule has 0 amide bonds. The molecule has 30 heavy (non-hydrogen) atoms. The Bertz CT molecular complexity index is 631. The molecule has 2 unspecified atom stereocenters. The van der Waals surface area contributed by atoms with Gasteiger partial charge in [0, 0.05) is 0 Å². The van der Waals surface area contributed by atoms with Gasteiger partial charge in [0.25, 0.3) is 0 Å². The monoisotopic (exact) mass is 418 g/mol. The SMILES string of the molecule is CCC(C)(C)C(C)CCOC(=O)c1ccccc1C(=O)OCCC(C)C(C)(C)CC. The molecule has 0 saturated carbocycles. The highest BCUT2D eigenvalue weighted by molar-refractivity contribution is 6.03. The number of carbonyl (C=O) groups is 2. The smallest absolute Gasteiger partial charge is 0.339 e. The second kappa shape index (κ2) is 11.5. The van der Waals surface area contributed by atoms with E-state index < -0.39 is 11.9 Å². The minimum Gasteiger partial charge on any atom is -0.462 e. The Balaban J connectivity index is 2.66. The molecule has 0 fully saturated rings. The predicted octanol–water partition coefficient (Wildman–Crippen LogP) is 6.93. The molecule has 0 saturated heterocycles. The fourth-order valence-electron chi connectivity index (χ4n) is 3.13. The van der Waals surface area contributed by atoms with Crippen molar-refractivity contribution in [3.63, 3.8) is 0 Å². The minimum absolute atomic E-state index is 0.206. The van der Waals surface area contributed by atoms with Crippen molar-refractivity contribution in [2.75, 3.05) is 13.2 Å². The van der Waals surface area contributed by atoms with E-state index >= 15 is 0 Å². The van der Waals surface area contributed by atoms with Gasteiger partial charge < -0.3 is 9.47 Å². The molecule has 1 aromatic carbocycles. The highest BCUT2D eigenvalue weighted by Crippen LogP contribution is 2.33. The molecule has 4 nitrogen and oxygen atoms in total. The van der Waals surface area contributed by atoms with Gasteiger partial charge in [-0.1, -0.05) is 80.4 Å². The van der Waals surface area contributed by atoms with Crippen molar-refractivity contribution in [1.82, 2.24) is 0 Å². The van der Waals surface area contributed by atoms with Crippen molar-refractivity contribution in [3.05, 3.63) is 35.4 Å². The molecular formula is C26H42O4. The number of ether oxygens (including phenoxy) is 2. The van der Waals surface area contributed by atoms with Gasteiger partial charge in [0.1, 0.15) is 0 Å². The van der Waals surface area contributed by atoms with Gasteiger partial charge in [0.15, 0.2) is 0 Å². The fourth-order valence-corrected chi connectivity index (χ4v) is 3.13. The summed E-state index contributed by atoms with van der Waals surface area (Å²) in [6, 6.07) is 6.73. The Morgan fingerprint density at radius 3 is 1.40 bits per heavy atom. The molecule has 0 aliphatic carbocycles. The molecule has 0 aromatic heterocycles. The van der Waals surface area contributed by atoms with Gasteiger partial charge in [-0.3, -0.25) is 0 Å².